The predicted octanol–water partition coefficient (Wildman–Crippen LogP) is 5.35. The number of rotatable bonds is 5. The standard InChI is InChI=1S/C26H20F3NO5/c27-26(28,29)19-9-5-4-8-18(19)22-13-11-17(35-22)10-12-20(31)23-21(32)14-15-30(25(23)34)24(33)16-6-2-1-3-7-16/h1-9,11,13,31H,10,12,14-15H2/b23-20-. The Hall–Kier alpha value is -4.14. The van der Waals surface area contributed by atoms with Crippen LogP contribution in [0.5, 0.6) is 0 Å². The summed E-state index contributed by atoms with van der Waals surface area (Å²) in [6.45, 7) is -0.0949. The minimum atomic E-state index is -4.56. The highest BCUT2D eigenvalue weighted by molar-refractivity contribution is 6.25. The van der Waals surface area contributed by atoms with Gasteiger partial charge >= 0.3 is 6.18 Å². The maximum Gasteiger partial charge on any atom is 0.417 e. The van der Waals surface area contributed by atoms with Crippen LogP contribution in [0.4, 0.5) is 13.2 Å². The number of allylic oxidation sites excluding steroid dienone is 1. The summed E-state index contributed by atoms with van der Waals surface area (Å²) >= 11 is 0. The number of aliphatic hydroxyl groups is 1. The lowest BCUT2D eigenvalue weighted by molar-refractivity contribution is -0.137. The van der Waals surface area contributed by atoms with Gasteiger partial charge in [0.1, 0.15) is 22.9 Å². The number of aryl methyl sites for hydroxylation is 1. The van der Waals surface area contributed by atoms with Gasteiger partial charge in [-0.3, -0.25) is 19.3 Å². The number of furan rings is 1. The maximum absolute atomic E-state index is 13.3. The van der Waals surface area contributed by atoms with Gasteiger partial charge in [0.05, 0.1) is 5.56 Å². The molecule has 1 aliphatic rings. The second kappa shape index (κ2) is 9.61. The smallest absolute Gasteiger partial charge is 0.417 e. The summed E-state index contributed by atoms with van der Waals surface area (Å²) in [6.07, 6.45) is -4.83. The Bertz CT molecular complexity index is 1310. The molecule has 0 atom stereocenters. The van der Waals surface area contributed by atoms with Crippen molar-refractivity contribution in [3.05, 3.63) is 94.9 Å². The fourth-order valence-electron chi connectivity index (χ4n) is 3.88. The lowest BCUT2D eigenvalue weighted by atomic mass is 9.98. The number of imide groups is 1. The molecular formula is C26H20F3NO5. The first-order valence-corrected chi connectivity index (χ1v) is 10.8. The number of ketones is 1. The van der Waals surface area contributed by atoms with E-state index in [2.05, 4.69) is 0 Å². The zero-order valence-corrected chi connectivity index (χ0v) is 18.3. The Morgan fingerprint density at radius 1 is 0.971 bits per heavy atom. The van der Waals surface area contributed by atoms with Crippen LogP contribution in [-0.2, 0) is 22.2 Å². The zero-order valence-electron chi connectivity index (χ0n) is 18.3. The van der Waals surface area contributed by atoms with Crippen molar-refractivity contribution in [1.82, 2.24) is 4.90 Å². The minimum Gasteiger partial charge on any atom is -0.511 e. The van der Waals surface area contributed by atoms with Gasteiger partial charge in [0.25, 0.3) is 11.8 Å². The van der Waals surface area contributed by atoms with Crippen LogP contribution >= 0.6 is 0 Å². The van der Waals surface area contributed by atoms with Crippen LogP contribution < -0.4 is 0 Å². The van der Waals surface area contributed by atoms with Gasteiger partial charge in [0.2, 0.25) is 0 Å². The topological polar surface area (TPSA) is 87.8 Å². The molecule has 1 N–H and O–H groups in total. The number of likely N-dealkylation sites (tertiary alicyclic amines) is 1. The summed E-state index contributed by atoms with van der Waals surface area (Å²) in [4.78, 5) is 38.8. The molecule has 1 saturated heterocycles. The highest BCUT2D eigenvalue weighted by Crippen LogP contribution is 2.37. The third-order valence-electron chi connectivity index (χ3n) is 5.62. The van der Waals surface area contributed by atoms with Crippen molar-refractivity contribution in [2.24, 2.45) is 0 Å². The second-order valence-corrected chi connectivity index (χ2v) is 7.93. The van der Waals surface area contributed by atoms with E-state index in [-0.39, 0.29) is 48.5 Å². The van der Waals surface area contributed by atoms with Gasteiger partial charge in [0.15, 0.2) is 5.78 Å². The van der Waals surface area contributed by atoms with Crippen molar-refractivity contribution in [1.29, 1.82) is 0 Å². The molecule has 1 fully saturated rings. The Kier molecular flexibility index (Phi) is 6.59. The number of piperidine rings is 1. The Morgan fingerprint density at radius 3 is 2.37 bits per heavy atom. The van der Waals surface area contributed by atoms with E-state index >= 15 is 0 Å². The molecule has 2 heterocycles. The first-order valence-electron chi connectivity index (χ1n) is 10.8. The van der Waals surface area contributed by atoms with E-state index in [1.54, 1.807) is 30.3 Å². The summed E-state index contributed by atoms with van der Waals surface area (Å²) < 4.78 is 45.4. The summed E-state index contributed by atoms with van der Waals surface area (Å²) in [5.74, 6) is -2.27. The van der Waals surface area contributed by atoms with Crippen molar-refractivity contribution in [3.8, 4) is 11.3 Å². The van der Waals surface area contributed by atoms with Gasteiger partial charge in [-0.05, 0) is 30.3 Å². The van der Waals surface area contributed by atoms with Crippen LogP contribution in [-0.4, -0.2) is 34.1 Å². The number of alkyl halides is 3. The predicted molar refractivity (Wildman–Crippen MR) is 119 cm³/mol. The van der Waals surface area contributed by atoms with E-state index in [0.29, 0.717) is 0 Å². The molecule has 0 aliphatic carbocycles. The number of halogens is 3. The highest BCUT2D eigenvalue weighted by atomic mass is 19.4. The van der Waals surface area contributed by atoms with Crippen LogP contribution in [0, 0.1) is 0 Å². The Morgan fingerprint density at radius 2 is 1.66 bits per heavy atom. The lowest BCUT2D eigenvalue weighted by Crippen LogP contribution is -2.45. The molecule has 2 amide bonds. The monoisotopic (exact) mass is 483 g/mol. The molecular weight excluding hydrogens is 463 g/mol. The minimum absolute atomic E-state index is 0.00419. The highest BCUT2D eigenvalue weighted by Gasteiger charge is 2.36. The summed E-state index contributed by atoms with van der Waals surface area (Å²) in [5, 5.41) is 10.5. The van der Waals surface area contributed by atoms with E-state index in [1.807, 2.05) is 0 Å². The number of benzene rings is 2. The first kappa shape index (κ1) is 24.0. The average Bonchev–Trinajstić information content (AvgIpc) is 3.31. The molecule has 9 heteroatoms. The molecule has 6 nitrogen and oxygen atoms in total. The average molecular weight is 483 g/mol. The second-order valence-electron chi connectivity index (χ2n) is 7.93. The number of amides is 2. The molecule has 0 radical (unpaired) electrons. The molecule has 0 saturated carbocycles. The molecule has 1 aliphatic heterocycles. The third-order valence-corrected chi connectivity index (χ3v) is 5.62. The van der Waals surface area contributed by atoms with Gasteiger partial charge in [0, 0.05) is 36.9 Å². The normalized spacial score (nSPS) is 15.9. The number of Topliss-reactive ketones (excluding diaryl/α,β-unsaturated/α-hetero) is 1. The van der Waals surface area contributed by atoms with Crippen LogP contribution in [0.1, 0.15) is 34.5 Å². The molecule has 0 bridgehead atoms. The number of carbonyl (C=O) groups is 3. The molecule has 2 aromatic carbocycles. The molecule has 180 valence electrons. The number of hydrogen-bond acceptors (Lipinski definition) is 5. The molecule has 35 heavy (non-hydrogen) atoms. The number of carbonyl (C=O) groups excluding carboxylic acids is 3. The van der Waals surface area contributed by atoms with Crippen molar-refractivity contribution >= 4 is 17.6 Å². The van der Waals surface area contributed by atoms with E-state index in [0.717, 1.165) is 11.0 Å². The van der Waals surface area contributed by atoms with Crippen molar-refractivity contribution in [2.75, 3.05) is 6.54 Å². The van der Waals surface area contributed by atoms with Crippen LogP contribution in [0.2, 0.25) is 0 Å². The Balaban J connectivity index is 1.51. The van der Waals surface area contributed by atoms with Gasteiger partial charge < -0.3 is 9.52 Å². The quantitative estimate of drug-likeness (QED) is 0.229. The van der Waals surface area contributed by atoms with Gasteiger partial charge in [-0.15, -0.1) is 0 Å². The van der Waals surface area contributed by atoms with Crippen molar-refractivity contribution in [2.45, 2.75) is 25.4 Å². The van der Waals surface area contributed by atoms with Crippen molar-refractivity contribution < 1.29 is 37.1 Å². The number of aliphatic hydroxyl groups excluding tert-OH is 1. The summed E-state index contributed by atoms with van der Waals surface area (Å²) in [7, 11) is 0. The SMILES string of the molecule is O=C1CCN(C(=O)c2ccccc2)C(=O)/C1=C(\O)CCc1ccc(-c2ccccc2C(F)(F)F)o1. The maximum atomic E-state index is 13.3. The van der Waals surface area contributed by atoms with Crippen LogP contribution in [0.25, 0.3) is 11.3 Å². The molecule has 3 aromatic rings. The largest absolute Gasteiger partial charge is 0.511 e. The van der Waals surface area contributed by atoms with Gasteiger partial charge in [-0.1, -0.05) is 36.4 Å². The fourth-order valence-corrected chi connectivity index (χ4v) is 3.88. The van der Waals surface area contributed by atoms with E-state index in [1.165, 1.54) is 30.3 Å². The van der Waals surface area contributed by atoms with Gasteiger partial charge in [-0.25, -0.2) is 0 Å². The van der Waals surface area contributed by atoms with Crippen LogP contribution in [0.15, 0.2) is 82.5 Å². The summed E-state index contributed by atoms with van der Waals surface area (Å²) in [6, 6.07) is 15.9. The number of nitrogens with zero attached hydrogens (tertiary/aromatic N) is 1. The molecule has 0 spiro atoms. The molecule has 0 unspecified atom stereocenters. The van der Waals surface area contributed by atoms with Crippen molar-refractivity contribution in [3.63, 3.8) is 0 Å². The lowest BCUT2D eigenvalue weighted by Gasteiger charge is -2.26. The van der Waals surface area contributed by atoms with E-state index in [4.69, 9.17) is 4.42 Å². The fraction of sp³-hybridized carbons (Fsp3) is 0.192. The Labute approximate surface area is 198 Å². The van der Waals surface area contributed by atoms with E-state index in [9.17, 15) is 32.7 Å². The summed E-state index contributed by atoms with van der Waals surface area (Å²) in [5.41, 5.74) is -1.15. The molecule has 4 rings (SSSR count). The van der Waals surface area contributed by atoms with Gasteiger partial charge in [-0.2, -0.15) is 13.2 Å². The third kappa shape index (κ3) is 5.03. The zero-order chi connectivity index (χ0) is 25.2. The molecule has 1 aromatic heterocycles. The number of hydrogen-bond donors (Lipinski definition) is 1. The van der Waals surface area contributed by atoms with Crippen LogP contribution in [0.3, 0.4) is 0 Å². The van der Waals surface area contributed by atoms with E-state index < -0.39 is 40.7 Å². The first-order chi connectivity index (χ1) is 16.7.